The van der Waals surface area contributed by atoms with E-state index in [1.807, 2.05) is 13.8 Å². The van der Waals surface area contributed by atoms with Crippen LogP contribution in [0.3, 0.4) is 0 Å². The summed E-state index contributed by atoms with van der Waals surface area (Å²) in [7, 11) is 0. The van der Waals surface area contributed by atoms with Crippen LogP contribution in [0, 0.1) is 5.92 Å². The van der Waals surface area contributed by atoms with Crippen LogP contribution in [0.15, 0.2) is 18.2 Å². The Kier molecular flexibility index (Phi) is 3.78. The van der Waals surface area contributed by atoms with Gasteiger partial charge >= 0.3 is 6.36 Å². The third-order valence-corrected chi connectivity index (χ3v) is 3.29. The molecule has 1 aromatic carbocycles. The summed E-state index contributed by atoms with van der Waals surface area (Å²) in [5, 5.41) is 5.64. The quantitative estimate of drug-likeness (QED) is 0.896. The second-order valence-corrected chi connectivity index (χ2v) is 4.75. The lowest BCUT2D eigenvalue weighted by atomic mass is 9.96. The molecule has 4 nitrogen and oxygen atoms in total. The average Bonchev–Trinajstić information content (AvgIpc) is 2.35. The largest absolute Gasteiger partial charge is 0.573 e. The van der Waals surface area contributed by atoms with Crippen LogP contribution in [0.2, 0.25) is 0 Å². The van der Waals surface area contributed by atoms with E-state index in [9.17, 15) is 18.0 Å². The normalized spacial score (nSPS) is 19.6. The van der Waals surface area contributed by atoms with E-state index in [0.29, 0.717) is 5.69 Å². The van der Waals surface area contributed by atoms with Crippen LogP contribution < -0.4 is 15.4 Å². The van der Waals surface area contributed by atoms with Gasteiger partial charge in [0.15, 0.2) is 0 Å². The predicted octanol–water partition coefficient (Wildman–Crippen LogP) is 3.36. The fourth-order valence-corrected chi connectivity index (χ4v) is 2.03. The van der Waals surface area contributed by atoms with Gasteiger partial charge in [-0.15, -0.1) is 13.2 Å². The van der Waals surface area contributed by atoms with Crippen molar-refractivity contribution in [3.05, 3.63) is 18.2 Å². The number of ether oxygens (including phenoxy) is 1. The second-order valence-electron chi connectivity index (χ2n) is 4.75. The van der Waals surface area contributed by atoms with Gasteiger partial charge in [0, 0.05) is 6.07 Å². The molecule has 2 rings (SSSR count). The molecule has 0 saturated heterocycles. The highest BCUT2D eigenvalue weighted by atomic mass is 19.4. The Hall–Kier alpha value is -1.92. The molecule has 0 aromatic heterocycles. The van der Waals surface area contributed by atoms with Crippen molar-refractivity contribution in [1.82, 2.24) is 0 Å². The summed E-state index contributed by atoms with van der Waals surface area (Å²) in [6, 6.07) is 3.44. The number of hydrogen-bond donors (Lipinski definition) is 2. The number of hydrogen-bond acceptors (Lipinski definition) is 3. The van der Waals surface area contributed by atoms with E-state index in [1.165, 1.54) is 12.1 Å². The van der Waals surface area contributed by atoms with Crippen molar-refractivity contribution in [2.75, 3.05) is 10.6 Å². The van der Waals surface area contributed by atoms with Gasteiger partial charge < -0.3 is 15.4 Å². The zero-order valence-corrected chi connectivity index (χ0v) is 11.0. The van der Waals surface area contributed by atoms with E-state index in [0.717, 1.165) is 12.5 Å². The maximum absolute atomic E-state index is 12.1. The molecule has 0 bridgehead atoms. The summed E-state index contributed by atoms with van der Waals surface area (Å²) < 4.78 is 40.2. The van der Waals surface area contributed by atoms with Gasteiger partial charge in [-0.1, -0.05) is 20.3 Å². The zero-order valence-electron chi connectivity index (χ0n) is 11.0. The van der Waals surface area contributed by atoms with Gasteiger partial charge in [0.05, 0.1) is 11.4 Å². The highest BCUT2D eigenvalue weighted by Gasteiger charge is 2.33. The molecule has 0 aliphatic carbocycles. The first kappa shape index (κ1) is 14.5. The Morgan fingerprint density at radius 1 is 1.35 bits per heavy atom. The summed E-state index contributed by atoms with van der Waals surface area (Å²) in [6.45, 7) is 3.90. The Labute approximate surface area is 114 Å². The van der Waals surface area contributed by atoms with Crippen LogP contribution in [-0.2, 0) is 4.79 Å². The lowest BCUT2D eigenvalue weighted by Gasteiger charge is -2.30. The monoisotopic (exact) mass is 288 g/mol. The van der Waals surface area contributed by atoms with Crippen LogP contribution in [0.4, 0.5) is 24.5 Å². The van der Waals surface area contributed by atoms with Gasteiger partial charge in [-0.25, -0.2) is 0 Å². The Balaban J connectivity index is 2.22. The molecule has 2 N–H and O–H groups in total. The number of amides is 1. The molecule has 0 saturated carbocycles. The molecular formula is C13H15F3N2O2. The van der Waals surface area contributed by atoms with Crippen molar-refractivity contribution in [3.63, 3.8) is 0 Å². The van der Waals surface area contributed by atoms with E-state index >= 15 is 0 Å². The van der Waals surface area contributed by atoms with Crippen molar-refractivity contribution < 1.29 is 22.7 Å². The topological polar surface area (TPSA) is 50.4 Å². The fraction of sp³-hybridized carbons (Fsp3) is 0.462. The molecule has 1 aromatic rings. The molecular weight excluding hydrogens is 273 g/mol. The average molecular weight is 288 g/mol. The Morgan fingerprint density at radius 3 is 2.65 bits per heavy atom. The summed E-state index contributed by atoms with van der Waals surface area (Å²) in [5.74, 6) is -0.495. The first-order valence-corrected chi connectivity index (χ1v) is 6.27. The number of carbonyl (C=O) groups is 1. The van der Waals surface area contributed by atoms with Crippen molar-refractivity contribution >= 4 is 17.3 Å². The molecule has 7 heteroatoms. The van der Waals surface area contributed by atoms with Crippen LogP contribution in [0.5, 0.6) is 5.75 Å². The molecule has 1 amide bonds. The van der Waals surface area contributed by atoms with Crippen molar-refractivity contribution in [2.24, 2.45) is 5.92 Å². The van der Waals surface area contributed by atoms with Gasteiger partial charge in [0.25, 0.3) is 0 Å². The van der Waals surface area contributed by atoms with Gasteiger partial charge in [0.2, 0.25) is 5.91 Å². The number of rotatable bonds is 3. The molecule has 1 aliphatic heterocycles. The van der Waals surface area contributed by atoms with Crippen LogP contribution in [0.1, 0.15) is 20.3 Å². The number of halogens is 3. The third-order valence-electron chi connectivity index (χ3n) is 3.29. The molecule has 1 aliphatic rings. The minimum atomic E-state index is -4.75. The summed E-state index contributed by atoms with van der Waals surface area (Å²) >= 11 is 0. The Bertz CT molecular complexity index is 517. The molecule has 0 radical (unpaired) electrons. The maximum Gasteiger partial charge on any atom is 0.573 e. The number of benzene rings is 1. The fourth-order valence-electron chi connectivity index (χ4n) is 2.03. The molecule has 2 atom stereocenters. The number of alkyl halides is 3. The minimum Gasteiger partial charge on any atom is -0.406 e. The summed E-state index contributed by atoms with van der Waals surface area (Å²) in [4.78, 5) is 11.9. The van der Waals surface area contributed by atoms with Gasteiger partial charge in [0.1, 0.15) is 11.8 Å². The first-order valence-electron chi connectivity index (χ1n) is 6.27. The standard InChI is InChI=1S/C13H15F3N2O2/c1-3-7(2)11-12(19)18-10-6-8(20-13(14,15)16)4-5-9(10)17-11/h4-7,11,17H,3H2,1-2H3,(H,18,19). The van der Waals surface area contributed by atoms with E-state index in [2.05, 4.69) is 15.4 Å². The summed E-state index contributed by atoms with van der Waals surface area (Å²) in [6.07, 6.45) is -3.94. The number of nitrogens with one attached hydrogen (secondary N) is 2. The molecule has 1 heterocycles. The van der Waals surface area contributed by atoms with Crippen LogP contribution in [-0.4, -0.2) is 18.3 Å². The third kappa shape index (κ3) is 3.15. The van der Waals surface area contributed by atoms with Gasteiger partial charge in [-0.2, -0.15) is 0 Å². The molecule has 20 heavy (non-hydrogen) atoms. The molecule has 0 spiro atoms. The zero-order chi connectivity index (χ0) is 14.9. The van der Waals surface area contributed by atoms with Crippen molar-refractivity contribution in [2.45, 2.75) is 32.7 Å². The second kappa shape index (κ2) is 5.22. The van der Waals surface area contributed by atoms with E-state index in [4.69, 9.17) is 0 Å². The SMILES string of the molecule is CCC(C)C1Nc2ccc(OC(F)(F)F)cc2NC1=O. The predicted molar refractivity (Wildman–Crippen MR) is 68.6 cm³/mol. The smallest absolute Gasteiger partial charge is 0.406 e. The summed E-state index contributed by atoms with van der Waals surface area (Å²) in [5.41, 5.74) is 0.876. The first-order chi connectivity index (χ1) is 9.30. The van der Waals surface area contributed by atoms with Gasteiger partial charge in [-0.3, -0.25) is 4.79 Å². The minimum absolute atomic E-state index is 0.120. The van der Waals surface area contributed by atoms with Crippen molar-refractivity contribution in [3.8, 4) is 5.75 Å². The van der Waals surface area contributed by atoms with Gasteiger partial charge in [-0.05, 0) is 18.1 Å². The number of carbonyl (C=O) groups excluding carboxylic acids is 1. The maximum atomic E-state index is 12.1. The molecule has 0 fully saturated rings. The Morgan fingerprint density at radius 2 is 2.05 bits per heavy atom. The highest BCUT2D eigenvalue weighted by Crippen LogP contribution is 2.34. The molecule has 2 unspecified atom stereocenters. The number of fused-ring (bicyclic) bond motifs is 1. The lowest BCUT2D eigenvalue weighted by molar-refractivity contribution is -0.274. The van der Waals surface area contributed by atoms with E-state index < -0.39 is 6.36 Å². The molecule has 110 valence electrons. The lowest BCUT2D eigenvalue weighted by Crippen LogP contribution is -2.43. The van der Waals surface area contributed by atoms with Crippen LogP contribution >= 0.6 is 0 Å². The van der Waals surface area contributed by atoms with Crippen LogP contribution in [0.25, 0.3) is 0 Å². The van der Waals surface area contributed by atoms with Crippen molar-refractivity contribution in [1.29, 1.82) is 0 Å². The number of anilines is 2. The highest BCUT2D eigenvalue weighted by molar-refractivity contribution is 6.03. The van der Waals surface area contributed by atoms with E-state index in [-0.39, 0.29) is 29.3 Å². The van der Waals surface area contributed by atoms with E-state index in [1.54, 1.807) is 0 Å².